The molecule has 25 heavy (non-hydrogen) atoms. The predicted molar refractivity (Wildman–Crippen MR) is 106 cm³/mol. The van der Waals surface area contributed by atoms with Crippen LogP contribution >= 0.6 is 12.4 Å². The summed E-state index contributed by atoms with van der Waals surface area (Å²) in [6.07, 6.45) is 0. The zero-order valence-corrected chi connectivity index (χ0v) is 14.9. The molecule has 0 aliphatic heterocycles. The Bertz CT molecular complexity index is 840. The van der Waals surface area contributed by atoms with Gasteiger partial charge in [0.1, 0.15) is 0 Å². The van der Waals surface area contributed by atoms with Gasteiger partial charge in [-0.25, -0.2) is 9.97 Å². The molecule has 0 amide bonds. The van der Waals surface area contributed by atoms with E-state index in [4.69, 9.17) is 5.73 Å². The van der Waals surface area contributed by atoms with Gasteiger partial charge >= 0.3 is 0 Å². The Kier molecular flexibility index (Phi) is 6.08. The van der Waals surface area contributed by atoms with Crippen LogP contribution in [0.1, 0.15) is 11.4 Å². The van der Waals surface area contributed by atoms with Crippen LogP contribution < -0.4 is 11.1 Å². The third-order valence-electron chi connectivity index (χ3n) is 3.46. The van der Waals surface area contributed by atoms with Crippen molar-refractivity contribution in [2.24, 2.45) is 10.7 Å². The second-order valence-electron chi connectivity index (χ2n) is 5.52. The highest BCUT2D eigenvalue weighted by Gasteiger charge is 2.01. The van der Waals surface area contributed by atoms with E-state index in [9.17, 15) is 0 Å². The fraction of sp³-hybridized carbons (Fsp3) is 0.105. The van der Waals surface area contributed by atoms with Crippen molar-refractivity contribution in [1.29, 1.82) is 0 Å². The van der Waals surface area contributed by atoms with Crippen LogP contribution in [0.2, 0.25) is 0 Å². The summed E-state index contributed by atoms with van der Waals surface area (Å²) in [5.41, 5.74) is 10.9. The molecule has 0 atom stereocenters. The molecule has 3 aromatic rings. The molecule has 0 bridgehead atoms. The number of nitrogens with two attached hydrogens (primary N) is 1. The standard InChI is InChI=1S/C19H19N5.ClH/c1-13-12-14(2)22-19(21-13)24-18(20)23-17-10-8-16(9-11-17)15-6-4-3-5-7-15;/h3-12H,1-2H3,(H3,20,21,22,23,24);1H. The van der Waals surface area contributed by atoms with Crippen molar-refractivity contribution < 1.29 is 0 Å². The Balaban J connectivity index is 0.00000225. The second kappa shape index (κ2) is 8.26. The van der Waals surface area contributed by atoms with Gasteiger partial charge in [-0.15, -0.1) is 12.4 Å². The van der Waals surface area contributed by atoms with Crippen molar-refractivity contribution in [2.45, 2.75) is 13.8 Å². The molecule has 3 rings (SSSR count). The first kappa shape index (κ1) is 18.4. The first-order chi connectivity index (χ1) is 11.6. The van der Waals surface area contributed by atoms with Crippen LogP contribution in [0, 0.1) is 13.8 Å². The molecule has 0 fully saturated rings. The van der Waals surface area contributed by atoms with Gasteiger partial charge in [-0.1, -0.05) is 42.5 Å². The second-order valence-corrected chi connectivity index (χ2v) is 5.52. The first-order valence-electron chi connectivity index (χ1n) is 7.69. The number of aryl methyl sites for hydroxylation is 2. The first-order valence-corrected chi connectivity index (χ1v) is 7.69. The quantitative estimate of drug-likeness (QED) is 0.545. The lowest BCUT2D eigenvalue weighted by molar-refractivity contribution is 1.04. The van der Waals surface area contributed by atoms with E-state index in [1.165, 1.54) is 5.56 Å². The number of rotatable bonds is 3. The summed E-state index contributed by atoms with van der Waals surface area (Å²) in [7, 11) is 0. The zero-order chi connectivity index (χ0) is 16.9. The van der Waals surface area contributed by atoms with E-state index in [1.54, 1.807) is 0 Å². The highest BCUT2D eigenvalue weighted by atomic mass is 35.5. The number of hydrogen-bond acceptors (Lipinski definition) is 3. The van der Waals surface area contributed by atoms with E-state index < -0.39 is 0 Å². The average Bonchev–Trinajstić information content (AvgIpc) is 2.55. The van der Waals surface area contributed by atoms with Gasteiger partial charge in [-0.3, -0.25) is 0 Å². The van der Waals surface area contributed by atoms with Crippen LogP contribution in [0.15, 0.2) is 65.7 Å². The molecule has 1 aromatic heterocycles. The maximum atomic E-state index is 5.95. The largest absolute Gasteiger partial charge is 0.369 e. The van der Waals surface area contributed by atoms with E-state index in [2.05, 4.69) is 32.4 Å². The topological polar surface area (TPSA) is 76.2 Å². The van der Waals surface area contributed by atoms with Gasteiger partial charge in [0, 0.05) is 17.1 Å². The molecule has 0 saturated heterocycles. The van der Waals surface area contributed by atoms with E-state index in [1.807, 2.05) is 62.4 Å². The van der Waals surface area contributed by atoms with Crippen LogP contribution in [0.4, 0.5) is 11.6 Å². The van der Waals surface area contributed by atoms with Crippen molar-refractivity contribution in [3.05, 3.63) is 72.1 Å². The van der Waals surface area contributed by atoms with Gasteiger partial charge in [0.05, 0.1) is 0 Å². The molecule has 0 unspecified atom stereocenters. The minimum atomic E-state index is 0. The van der Waals surface area contributed by atoms with E-state index in [-0.39, 0.29) is 18.4 Å². The number of aliphatic imine (C=N–C) groups is 1. The van der Waals surface area contributed by atoms with Crippen molar-refractivity contribution in [2.75, 3.05) is 5.32 Å². The Labute approximate surface area is 153 Å². The fourth-order valence-electron chi connectivity index (χ4n) is 2.42. The Morgan fingerprint density at radius 1 is 0.880 bits per heavy atom. The smallest absolute Gasteiger partial charge is 0.253 e. The van der Waals surface area contributed by atoms with Crippen LogP contribution in [-0.4, -0.2) is 15.9 Å². The third kappa shape index (κ3) is 5.02. The number of guanidine groups is 1. The molecular weight excluding hydrogens is 334 g/mol. The molecule has 3 N–H and O–H groups in total. The Morgan fingerprint density at radius 2 is 1.44 bits per heavy atom. The number of hydrogen-bond donors (Lipinski definition) is 2. The number of benzene rings is 2. The van der Waals surface area contributed by atoms with Gasteiger partial charge in [0.25, 0.3) is 5.95 Å². The number of nitrogens with zero attached hydrogens (tertiary/aromatic N) is 3. The molecule has 0 spiro atoms. The van der Waals surface area contributed by atoms with Crippen molar-refractivity contribution in [3.63, 3.8) is 0 Å². The number of nitrogens with one attached hydrogen (secondary N) is 1. The lowest BCUT2D eigenvalue weighted by Gasteiger charge is -2.07. The monoisotopic (exact) mass is 353 g/mol. The minimum Gasteiger partial charge on any atom is -0.369 e. The molecular formula is C19H20ClN5. The van der Waals surface area contributed by atoms with Gasteiger partial charge in [0.15, 0.2) is 0 Å². The fourth-order valence-corrected chi connectivity index (χ4v) is 2.42. The molecule has 1 heterocycles. The normalized spacial score (nSPS) is 10.9. The van der Waals surface area contributed by atoms with Crippen LogP contribution in [0.25, 0.3) is 11.1 Å². The molecule has 5 nitrogen and oxygen atoms in total. The van der Waals surface area contributed by atoms with Gasteiger partial charge in [-0.2, -0.15) is 4.99 Å². The average molecular weight is 354 g/mol. The van der Waals surface area contributed by atoms with Crippen molar-refractivity contribution in [1.82, 2.24) is 9.97 Å². The summed E-state index contributed by atoms with van der Waals surface area (Å²) >= 11 is 0. The minimum absolute atomic E-state index is 0. The third-order valence-corrected chi connectivity index (χ3v) is 3.46. The highest BCUT2D eigenvalue weighted by Crippen LogP contribution is 2.21. The maximum absolute atomic E-state index is 5.95. The Hall–Kier alpha value is -2.92. The van der Waals surface area contributed by atoms with Crippen molar-refractivity contribution >= 4 is 30.0 Å². The van der Waals surface area contributed by atoms with E-state index >= 15 is 0 Å². The molecule has 2 aromatic carbocycles. The van der Waals surface area contributed by atoms with E-state index in [0.717, 1.165) is 22.6 Å². The summed E-state index contributed by atoms with van der Waals surface area (Å²) in [5, 5.41) is 3.06. The summed E-state index contributed by atoms with van der Waals surface area (Å²) in [5.74, 6) is 0.617. The van der Waals surface area contributed by atoms with Gasteiger partial charge < -0.3 is 11.1 Å². The van der Waals surface area contributed by atoms with Gasteiger partial charge in [0.2, 0.25) is 5.96 Å². The number of halogens is 1. The Morgan fingerprint density at radius 3 is 2.04 bits per heavy atom. The molecule has 0 radical (unpaired) electrons. The van der Waals surface area contributed by atoms with E-state index in [0.29, 0.717) is 5.95 Å². The molecule has 0 aliphatic rings. The summed E-state index contributed by atoms with van der Waals surface area (Å²) in [4.78, 5) is 12.7. The molecule has 128 valence electrons. The zero-order valence-electron chi connectivity index (χ0n) is 14.1. The SMILES string of the molecule is Cc1cc(C)nc(/N=C(\N)Nc2ccc(-c3ccccc3)cc2)n1.Cl. The van der Waals surface area contributed by atoms with Crippen LogP contribution in [0.5, 0.6) is 0 Å². The predicted octanol–water partition coefficient (Wildman–Crippen LogP) is 4.24. The van der Waals surface area contributed by atoms with Gasteiger partial charge in [-0.05, 0) is 43.2 Å². The summed E-state index contributed by atoms with van der Waals surface area (Å²) in [6.45, 7) is 3.80. The lowest BCUT2D eigenvalue weighted by atomic mass is 10.1. The van der Waals surface area contributed by atoms with Crippen LogP contribution in [-0.2, 0) is 0 Å². The molecule has 0 aliphatic carbocycles. The maximum Gasteiger partial charge on any atom is 0.253 e. The van der Waals surface area contributed by atoms with Crippen LogP contribution in [0.3, 0.4) is 0 Å². The number of anilines is 1. The summed E-state index contributed by atoms with van der Waals surface area (Å²) in [6, 6.07) is 20.1. The van der Waals surface area contributed by atoms with Crippen molar-refractivity contribution in [3.8, 4) is 11.1 Å². The number of aromatic nitrogens is 2. The molecule has 0 saturated carbocycles. The lowest BCUT2D eigenvalue weighted by Crippen LogP contribution is -2.22. The molecule has 6 heteroatoms. The summed E-state index contributed by atoms with van der Waals surface area (Å²) < 4.78 is 0. The highest BCUT2D eigenvalue weighted by molar-refractivity contribution is 5.93.